The molecular formula is C17H18ClN3O2. The lowest BCUT2D eigenvalue weighted by molar-refractivity contribution is 0.0714. The van der Waals surface area contributed by atoms with Gasteiger partial charge in [0.2, 0.25) is 0 Å². The van der Waals surface area contributed by atoms with E-state index >= 15 is 0 Å². The molecule has 2 atom stereocenters. The zero-order valence-corrected chi connectivity index (χ0v) is 13.3. The fraction of sp³-hybridized carbons (Fsp3) is 0.353. The standard InChI is InChI=1S/C17H18ClN3O2/c18-12-7-5-11(6-8-12)15-16(20-10-9-19-15)17(23)21-13-3-1-2-4-14(13)22/h5-10,13-14,22H,1-4H2,(H,21,23)/t13-,14-/m1/s1. The summed E-state index contributed by atoms with van der Waals surface area (Å²) in [6, 6.07) is 6.88. The maximum Gasteiger partial charge on any atom is 0.272 e. The van der Waals surface area contributed by atoms with Gasteiger partial charge in [-0.2, -0.15) is 0 Å². The second-order valence-electron chi connectivity index (χ2n) is 5.69. The van der Waals surface area contributed by atoms with E-state index in [0.29, 0.717) is 10.7 Å². The van der Waals surface area contributed by atoms with Gasteiger partial charge in [0.15, 0.2) is 5.69 Å². The second kappa shape index (κ2) is 7.06. The number of benzene rings is 1. The fourth-order valence-corrected chi connectivity index (χ4v) is 2.97. The Morgan fingerprint density at radius 1 is 1.13 bits per heavy atom. The van der Waals surface area contributed by atoms with E-state index in [2.05, 4.69) is 15.3 Å². The Labute approximate surface area is 139 Å². The summed E-state index contributed by atoms with van der Waals surface area (Å²) in [6.45, 7) is 0. The molecule has 1 saturated carbocycles. The number of aliphatic hydroxyl groups excluding tert-OH is 1. The van der Waals surface area contributed by atoms with Crippen LogP contribution in [0.15, 0.2) is 36.7 Å². The topological polar surface area (TPSA) is 75.1 Å². The molecule has 0 spiro atoms. The summed E-state index contributed by atoms with van der Waals surface area (Å²) in [6.07, 6.45) is 6.05. The number of carbonyl (C=O) groups excluding carboxylic acids is 1. The highest BCUT2D eigenvalue weighted by molar-refractivity contribution is 6.30. The molecule has 1 fully saturated rings. The number of carbonyl (C=O) groups is 1. The molecule has 5 nitrogen and oxygen atoms in total. The molecule has 0 unspecified atom stereocenters. The van der Waals surface area contributed by atoms with E-state index in [1.54, 1.807) is 30.5 Å². The Morgan fingerprint density at radius 2 is 1.83 bits per heavy atom. The number of halogens is 1. The third kappa shape index (κ3) is 3.68. The number of aromatic nitrogens is 2. The predicted octanol–water partition coefficient (Wildman–Crippen LogP) is 2.83. The Balaban J connectivity index is 1.84. The van der Waals surface area contributed by atoms with Gasteiger partial charge in [-0.1, -0.05) is 36.6 Å². The molecule has 1 aliphatic carbocycles. The number of aliphatic hydroxyl groups is 1. The van der Waals surface area contributed by atoms with Crippen molar-refractivity contribution in [2.75, 3.05) is 0 Å². The van der Waals surface area contributed by atoms with Crippen LogP contribution in [0.3, 0.4) is 0 Å². The average Bonchev–Trinajstić information content (AvgIpc) is 2.58. The molecule has 1 heterocycles. The van der Waals surface area contributed by atoms with E-state index < -0.39 is 6.10 Å². The lowest BCUT2D eigenvalue weighted by atomic mass is 9.92. The van der Waals surface area contributed by atoms with Crippen molar-refractivity contribution < 1.29 is 9.90 Å². The molecule has 1 aromatic heterocycles. The zero-order valence-electron chi connectivity index (χ0n) is 12.6. The number of amides is 1. The molecule has 23 heavy (non-hydrogen) atoms. The molecular weight excluding hydrogens is 314 g/mol. The molecule has 0 radical (unpaired) electrons. The molecule has 2 N–H and O–H groups in total. The summed E-state index contributed by atoms with van der Waals surface area (Å²) >= 11 is 5.90. The molecule has 1 aliphatic rings. The van der Waals surface area contributed by atoms with Gasteiger partial charge in [-0.3, -0.25) is 9.78 Å². The van der Waals surface area contributed by atoms with Gasteiger partial charge in [0.05, 0.1) is 12.1 Å². The summed E-state index contributed by atoms with van der Waals surface area (Å²) in [5, 5.41) is 13.5. The maximum atomic E-state index is 12.6. The summed E-state index contributed by atoms with van der Waals surface area (Å²) in [7, 11) is 0. The van der Waals surface area contributed by atoms with Crippen molar-refractivity contribution in [3.05, 3.63) is 47.4 Å². The lowest BCUT2D eigenvalue weighted by Crippen LogP contribution is -2.45. The van der Waals surface area contributed by atoms with Gasteiger partial charge >= 0.3 is 0 Å². The van der Waals surface area contributed by atoms with Crippen LogP contribution in [-0.2, 0) is 0 Å². The van der Waals surface area contributed by atoms with E-state index in [4.69, 9.17) is 11.6 Å². The summed E-state index contributed by atoms with van der Waals surface area (Å²) in [5.41, 5.74) is 1.54. The van der Waals surface area contributed by atoms with Crippen LogP contribution in [0.5, 0.6) is 0 Å². The van der Waals surface area contributed by atoms with Crippen LogP contribution < -0.4 is 5.32 Å². The molecule has 120 valence electrons. The molecule has 1 aromatic carbocycles. The molecule has 0 bridgehead atoms. The number of hydrogen-bond donors (Lipinski definition) is 2. The van der Waals surface area contributed by atoms with E-state index in [1.165, 1.54) is 6.20 Å². The van der Waals surface area contributed by atoms with Gasteiger partial charge in [0, 0.05) is 23.0 Å². The first-order chi connectivity index (χ1) is 11.1. The average molecular weight is 332 g/mol. The molecule has 6 heteroatoms. The summed E-state index contributed by atoms with van der Waals surface area (Å²) in [5.74, 6) is -0.311. The molecule has 2 aromatic rings. The van der Waals surface area contributed by atoms with Crippen molar-refractivity contribution >= 4 is 17.5 Å². The van der Waals surface area contributed by atoms with Crippen LogP contribution in [0.25, 0.3) is 11.3 Å². The third-order valence-electron chi connectivity index (χ3n) is 4.08. The number of rotatable bonds is 3. The number of nitrogens with zero attached hydrogens (tertiary/aromatic N) is 2. The normalized spacial score (nSPS) is 21.0. The highest BCUT2D eigenvalue weighted by Crippen LogP contribution is 2.23. The van der Waals surface area contributed by atoms with Crippen LogP contribution in [0.4, 0.5) is 0 Å². The van der Waals surface area contributed by atoms with Crippen LogP contribution in [0.1, 0.15) is 36.2 Å². The van der Waals surface area contributed by atoms with Crippen LogP contribution in [0, 0.1) is 0 Å². The van der Waals surface area contributed by atoms with Crippen molar-refractivity contribution in [3.8, 4) is 11.3 Å². The van der Waals surface area contributed by atoms with Crippen molar-refractivity contribution in [1.29, 1.82) is 0 Å². The largest absolute Gasteiger partial charge is 0.391 e. The first-order valence-electron chi connectivity index (χ1n) is 7.71. The lowest BCUT2D eigenvalue weighted by Gasteiger charge is -2.28. The number of hydrogen-bond acceptors (Lipinski definition) is 4. The van der Waals surface area contributed by atoms with Crippen molar-refractivity contribution in [2.24, 2.45) is 0 Å². The minimum absolute atomic E-state index is 0.226. The van der Waals surface area contributed by atoms with Crippen LogP contribution in [-0.4, -0.2) is 33.1 Å². The SMILES string of the molecule is O=C(N[C@@H]1CCCC[C@H]1O)c1nccnc1-c1ccc(Cl)cc1. The first kappa shape index (κ1) is 15.9. The second-order valence-corrected chi connectivity index (χ2v) is 6.13. The quantitative estimate of drug-likeness (QED) is 0.907. The Bertz CT molecular complexity index is 690. The zero-order chi connectivity index (χ0) is 16.2. The maximum absolute atomic E-state index is 12.6. The Kier molecular flexibility index (Phi) is 4.88. The van der Waals surface area contributed by atoms with Gasteiger partial charge in [-0.05, 0) is 25.0 Å². The van der Waals surface area contributed by atoms with E-state index in [-0.39, 0.29) is 17.6 Å². The van der Waals surface area contributed by atoms with Gasteiger partial charge in [-0.25, -0.2) is 4.98 Å². The monoisotopic (exact) mass is 331 g/mol. The smallest absolute Gasteiger partial charge is 0.272 e. The highest BCUT2D eigenvalue weighted by atomic mass is 35.5. The minimum atomic E-state index is -0.497. The Morgan fingerprint density at radius 3 is 2.57 bits per heavy atom. The van der Waals surface area contributed by atoms with E-state index in [0.717, 1.165) is 31.2 Å². The highest BCUT2D eigenvalue weighted by Gasteiger charge is 2.26. The Hall–Kier alpha value is -1.98. The predicted molar refractivity (Wildman–Crippen MR) is 88.2 cm³/mol. The molecule has 1 amide bonds. The van der Waals surface area contributed by atoms with Gasteiger partial charge < -0.3 is 10.4 Å². The van der Waals surface area contributed by atoms with Gasteiger partial charge in [0.1, 0.15) is 5.69 Å². The van der Waals surface area contributed by atoms with E-state index in [9.17, 15) is 9.90 Å². The molecule has 0 aliphatic heterocycles. The van der Waals surface area contributed by atoms with Gasteiger partial charge in [-0.15, -0.1) is 0 Å². The summed E-state index contributed by atoms with van der Waals surface area (Å²) in [4.78, 5) is 21.0. The third-order valence-corrected chi connectivity index (χ3v) is 4.33. The molecule has 0 saturated heterocycles. The van der Waals surface area contributed by atoms with Crippen LogP contribution in [0.2, 0.25) is 5.02 Å². The molecule has 3 rings (SSSR count). The van der Waals surface area contributed by atoms with Crippen molar-refractivity contribution in [3.63, 3.8) is 0 Å². The minimum Gasteiger partial charge on any atom is -0.391 e. The van der Waals surface area contributed by atoms with Crippen molar-refractivity contribution in [1.82, 2.24) is 15.3 Å². The summed E-state index contributed by atoms with van der Waals surface area (Å²) < 4.78 is 0. The fourth-order valence-electron chi connectivity index (χ4n) is 2.84. The van der Waals surface area contributed by atoms with Gasteiger partial charge in [0.25, 0.3) is 5.91 Å². The van der Waals surface area contributed by atoms with Crippen molar-refractivity contribution in [2.45, 2.75) is 37.8 Å². The first-order valence-corrected chi connectivity index (χ1v) is 8.09. The van der Waals surface area contributed by atoms with E-state index in [1.807, 2.05) is 0 Å². The van der Waals surface area contributed by atoms with Crippen LogP contribution >= 0.6 is 11.6 Å². The number of nitrogens with one attached hydrogen (secondary N) is 1.